The first-order valence-electron chi connectivity index (χ1n) is 6.02. The standard InChI is InChI=1S/C14H18N2O2/c1-9-6-11-12(18-5-4-17-11)7-10(9)13(16)14(2,3)8-15/h6-7,13H,4-5,16H2,1-3H3. The average molecular weight is 246 g/mol. The van der Waals surface area contributed by atoms with E-state index in [1.807, 2.05) is 32.9 Å². The molecule has 0 saturated heterocycles. The van der Waals surface area contributed by atoms with Crippen LogP contribution in [0.2, 0.25) is 0 Å². The minimum Gasteiger partial charge on any atom is -0.486 e. The lowest BCUT2D eigenvalue weighted by molar-refractivity contribution is 0.171. The van der Waals surface area contributed by atoms with Crippen molar-refractivity contribution in [3.8, 4) is 17.6 Å². The maximum atomic E-state index is 9.17. The molecule has 0 aliphatic carbocycles. The van der Waals surface area contributed by atoms with Gasteiger partial charge >= 0.3 is 0 Å². The third kappa shape index (κ3) is 2.14. The maximum Gasteiger partial charge on any atom is 0.161 e. The Labute approximate surface area is 107 Å². The van der Waals surface area contributed by atoms with Crippen LogP contribution in [-0.4, -0.2) is 13.2 Å². The van der Waals surface area contributed by atoms with Gasteiger partial charge < -0.3 is 15.2 Å². The maximum absolute atomic E-state index is 9.17. The molecule has 0 bridgehead atoms. The summed E-state index contributed by atoms with van der Waals surface area (Å²) in [5.74, 6) is 1.47. The van der Waals surface area contributed by atoms with Gasteiger partial charge in [-0.2, -0.15) is 5.26 Å². The minimum atomic E-state index is -0.617. The second-order valence-corrected chi connectivity index (χ2v) is 5.16. The van der Waals surface area contributed by atoms with E-state index < -0.39 is 5.41 Å². The highest BCUT2D eigenvalue weighted by molar-refractivity contribution is 5.49. The summed E-state index contributed by atoms with van der Waals surface area (Å²) in [6.07, 6.45) is 0. The number of aryl methyl sites for hydroxylation is 1. The fourth-order valence-corrected chi connectivity index (χ4v) is 2.00. The molecular formula is C14H18N2O2. The zero-order valence-corrected chi connectivity index (χ0v) is 11.0. The number of rotatable bonds is 2. The van der Waals surface area contributed by atoms with Crippen LogP contribution >= 0.6 is 0 Å². The molecule has 0 amide bonds. The van der Waals surface area contributed by atoms with Gasteiger partial charge in [-0.15, -0.1) is 0 Å². The summed E-state index contributed by atoms with van der Waals surface area (Å²) in [6.45, 7) is 6.77. The molecule has 0 fully saturated rings. The summed E-state index contributed by atoms with van der Waals surface area (Å²) in [5.41, 5.74) is 7.54. The summed E-state index contributed by atoms with van der Waals surface area (Å²) >= 11 is 0. The molecule has 1 aliphatic rings. The van der Waals surface area contributed by atoms with Crippen molar-refractivity contribution in [1.82, 2.24) is 0 Å². The Morgan fingerprint density at radius 1 is 1.28 bits per heavy atom. The van der Waals surface area contributed by atoms with Gasteiger partial charge in [0.25, 0.3) is 0 Å². The molecule has 1 aromatic rings. The van der Waals surface area contributed by atoms with Crippen LogP contribution in [0.5, 0.6) is 11.5 Å². The molecule has 0 radical (unpaired) electrons. The Balaban J connectivity index is 2.43. The number of nitrogens with zero attached hydrogens (tertiary/aromatic N) is 1. The first-order valence-corrected chi connectivity index (χ1v) is 6.02. The normalized spacial score (nSPS) is 15.9. The number of benzene rings is 1. The molecule has 2 N–H and O–H groups in total. The Bertz CT molecular complexity index is 503. The molecule has 96 valence electrons. The topological polar surface area (TPSA) is 68.3 Å². The highest BCUT2D eigenvalue weighted by Crippen LogP contribution is 2.39. The summed E-state index contributed by atoms with van der Waals surface area (Å²) < 4.78 is 11.1. The number of fused-ring (bicyclic) bond motifs is 1. The lowest BCUT2D eigenvalue weighted by atomic mass is 9.81. The number of hydrogen-bond acceptors (Lipinski definition) is 4. The Morgan fingerprint density at radius 3 is 2.39 bits per heavy atom. The number of nitrogens with two attached hydrogens (primary N) is 1. The summed E-state index contributed by atoms with van der Waals surface area (Å²) in [6, 6.07) is 5.73. The molecule has 4 heteroatoms. The largest absolute Gasteiger partial charge is 0.486 e. The van der Waals surface area contributed by atoms with E-state index in [0.717, 1.165) is 16.9 Å². The molecule has 1 unspecified atom stereocenters. The predicted molar refractivity (Wildman–Crippen MR) is 68.5 cm³/mol. The van der Waals surface area contributed by atoms with Crippen LogP contribution in [0, 0.1) is 23.7 Å². The van der Waals surface area contributed by atoms with Gasteiger partial charge in [-0.1, -0.05) is 0 Å². The first kappa shape index (κ1) is 12.7. The van der Waals surface area contributed by atoms with Gasteiger partial charge in [-0.25, -0.2) is 0 Å². The van der Waals surface area contributed by atoms with Crippen LogP contribution in [-0.2, 0) is 0 Å². The van der Waals surface area contributed by atoms with Gasteiger partial charge in [0.05, 0.1) is 11.5 Å². The minimum absolute atomic E-state index is 0.349. The van der Waals surface area contributed by atoms with Gasteiger partial charge in [0, 0.05) is 6.04 Å². The fourth-order valence-electron chi connectivity index (χ4n) is 2.00. The van der Waals surface area contributed by atoms with Crippen molar-refractivity contribution < 1.29 is 9.47 Å². The predicted octanol–water partition coefficient (Wildman–Crippen LogP) is 2.32. The summed E-state index contributed by atoms with van der Waals surface area (Å²) in [4.78, 5) is 0. The molecule has 0 saturated carbocycles. The second-order valence-electron chi connectivity index (χ2n) is 5.16. The third-order valence-electron chi connectivity index (χ3n) is 3.33. The summed E-state index contributed by atoms with van der Waals surface area (Å²) in [5, 5.41) is 9.17. The van der Waals surface area contributed by atoms with Gasteiger partial charge in [0.15, 0.2) is 11.5 Å². The lowest BCUT2D eigenvalue weighted by Crippen LogP contribution is -2.28. The second kappa shape index (κ2) is 4.51. The van der Waals surface area contributed by atoms with Gasteiger partial charge in [-0.3, -0.25) is 0 Å². The molecule has 1 aromatic carbocycles. The van der Waals surface area contributed by atoms with Crippen LogP contribution in [0.3, 0.4) is 0 Å². The van der Waals surface area contributed by atoms with Gasteiger partial charge in [-0.05, 0) is 44.0 Å². The van der Waals surface area contributed by atoms with E-state index >= 15 is 0 Å². The molecular weight excluding hydrogens is 228 g/mol. The van der Waals surface area contributed by atoms with E-state index in [9.17, 15) is 0 Å². The first-order chi connectivity index (χ1) is 8.45. The quantitative estimate of drug-likeness (QED) is 0.869. The van der Waals surface area contributed by atoms with Gasteiger partial charge in [0.1, 0.15) is 13.2 Å². The van der Waals surface area contributed by atoms with E-state index in [4.69, 9.17) is 20.5 Å². The molecule has 2 rings (SSSR count). The van der Waals surface area contributed by atoms with Crippen molar-refractivity contribution in [2.75, 3.05) is 13.2 Å². The molecule has 4 nitrogen and oxygen atoms in total. The van der Waals surface area contributed by atoms with E-state index in [-0.39, 0.29) is 6.04 Å². The van der Waals surface area contributed by atoms with Crippen LogP contribution in [0.1, 0.15) is 31.0 Å². The molecule has 1 atom stereocenters. The highest BCUT2D eigenvalue weighted by Gasteiger charge is 2.30. The van der Waals surface area contributed by atoms with Crippen LogP contribution < -0.4 is 15.2 Å². The van der Waals surface area contributed by atoms with Crippen molar-refractivity contribution in [3.05, 3.63) is 23.3 Å². The van der Waals surface area contributed by atoms with E-state index in [1.54, 1.807) is 0 Å². The number of ether oxygens (including phenoxy) is 2. The Kier molecular flexibility index (Phi) is 3.18. The van der Waals surface area contributed by atoms with Crippen molar-refractivity contribution in [3.63, 3.8) is 0 Å². The van der Waals surface area contributed by atoms with E-state index in [2.05, 4.69) is 6.07 Å². The molecule has 0 spiro atoms. The Hall–Kier alpha value is -1.73. The monoisotopic (exact) mass is 246 g/mol. The van der Waals surface area contributed by atoms with Crippen LogP contribution in [0.15, 0.2) is 12.1 Å². The lowest BCUT2D eigenvalue weighted by Gasteiger charge is -2.28. The van der Waals surface area contributed by atoms with Crippen molar-refractivity contribution in [2.45, 2.75) is 26.8 Å². The van der Waals surface area contributed by atoms with Crippen molar-refractivity contribution in [1.29, 1.82) is 5.26 Å². The van der Waals surface area contributed by atoms with Crippen LogP contribution in [0.4, 0.5) is 0 Å². The zero-order valence-electron chi connectivity index (χ0n) is 11.0. The highest BCUT2D eigenvalue weighted by atomic mass is 16.6. The molecule has 18 heavy (non-hydrogen) atoms. The Morgan fingerprint density at radius 2 is 1.83 bits per heavy atom. The molecule has 0 aromatic heterocycles. The number of nitriles is 1. The van der Waals surface area contributed by atoms with Crippen LogP contribution in [0.25, 0.3) is 0 Å². The smallest absolute Gasteiger partial charge is 0.161 e. The molecule has 1 heterocycles. The van der Waals surface area contributed by atoms with E-state index in [1.165, 1.54) is 0 Å². The molecule has 1 aliphatic heterocycles. The van der Waals surface area contributed by atoms with E-state index in [0.29, 0.717) is 19.0 Å². The van der Waals surface area contributed by atoms with Crippen molar-refractivity contribution >= 4 is 0 Å². The fraction of sp³-hybridized carbons (Fsp3) is 0.500. The van der Waals surface area contributed by atoms with Crippen molar-refractivity contribution in [2.24, 2.45) is 11.1 Å². The third-order valence-corrected chi connectivity index (χ3v) is 3.33. The average Bonchev–Trinajstić information content (AvgIpc) is 2.37. The summed E-state index contributed by atoms with van der Waals surface area (Å²) in [7, 11) is 0. The van der Waals surface area contributed by atoms with Gasteiger partial charge in [0.2, 0.25) is 0 Å². The zero-order chi connectivity index (χ0) is 13.3. The number of hydrogen-bond donors (Lipinski definition) is 1. The SMILES string of the molecule is Cc1cc2c(cc1C(N)C(C)(C)C#N)OCCO2.